The zero-order valence-corrected chi connectivity index (χ0v) is 16.2. The molecule has 0 spiro atoms. The van der Waals surface area contributed by atoms with Crippen LogP contribution in [-0.2, 0) is 0 Å². The van der Waals surface area contributed by atoms with Crippen molar-refractivity contribution in [1.29, 1.82) is 0 Å². The highest BCUT2D eigenvalue weighted by Gasteiger charge is 2.08. The lowest BCUT2D eigenvalue weighted by molar-refractivity contribution is 0.477. The Kier molecular flexibility index (Phi) is 5.12. The van der Waals surface area contributed by atoms with Gasteiger partial charge in [0.25, 0.3) is 0 Å². The number of benzene rings is 4. The Morgan fingerprint density at radius 3 is 1.93 bits per heavy atom. The molecule has 0 amide bonds. The highest BCUT2D eigenvalue weighted by molar-refractivity contribution is 5.95. The summed E-state index contributed by atoms with van der Waals surface area (Å²) in [4.78, 5) is 0. The number of hydrogen-bond donors (Lipinski definition) is 1. The van der Waals surface area contributed by atoms with Crippen LogP contribution in [0, 0.1) is 13.8 Å². The molecule has 5 heteroatoms. The fourth-order valence-electron chi connectivity index (χ4n) is 3.07. The minimum atomic E-state index is 0.107. The molecule has 0 aliphatic carbocycles. The van der Waals surface area contributed by atoms with E-state index in [4.69, 9.17) is 0 Å². The largest absolute Gasteiger partial charge is 0.506 e. The van der Waals surface area contributed by atoms with Gasteiger partial charge >= 0.3 is 0 Å². The van der Waals surface area contributed by atoms with Crippen LogP contribution >= 0.6 is 0 Å². The number of azo groups is 2. The lowest BCUT2D eigenvalue weighted by atomic mass is 10.1. The van der Waals surface area contributed by atoms with Crippen molar-refractivity contribution in [3.63, 3.8) is 0 Å². The molecule has 0 atom stereocenters. The monoisotopic (exact) mass is 380 g/mol. The molecular weight excluding hydrogens is 360 g/mol. The number of phenols is 1. The number of fused-ring (bicyclic) bond motifs is 1. The van der Waals surface area contributed by atoms with Crippen LogP contribution in [0.3, 0.4) is 0 Å². The van der Waals surface area contributed by atoms with Crippen LogP contribution in [0.25, 0.3) is 10.8 Å². The Morgan fingerprint density at radius 1 is 0.586 bits per heavy atom. The molecule has 0 saturated carbocycles. The summed E-state index contributed by atoms with van der Waals surface area (Å²) in [6.07, 6.45) is 0. The lowest BCUT2D eigenvalue weighted by Crippen LogP contribution is -1.82. The van der Waals surface area contributed by atoms with Crippen molar-refractivity contribution in [2.75, 3.05) is 0 Å². The molecular formula is C24H20N4O. The Morgan fingerprint density at radius 2 is 1.21 bits per heavy atom. The van der Waals surface area contributed by atoms with Gasteiger partial charge in [-0.1, -0.05) is 48.5 Å². The second-order valence-electron chi connectivity index (χ2n) is 6.74. The summed E-state index contributed by atoms with van der Waals surface area (Å²) in [7, 11) is 0. The molecule has 0 fully saturated rings. The molecule has 0 radical (unpaired) electrons. The number of hydrogen-bond acceptors (Lipinski definition) is 5. The van der Waals surface area contributed by atoms with E-state index in [0.717, 1.165) is 39.0 Å². The summed E-state index contributed by atoms with van der Waals surface area (Å²) in [5.74, 6) is 0.107. The first kappa shape index (κ1) is 18.5. The van der Waals surface area contributed by atoms with Crippen molar-refractivity contribution >= 4 is 33.5 Å². The number of phenolic OH excluding ortho intramolecular Hbond substituents is 1. The van der Waals surface area contributed by atoms with Crippen molar-refractivity contribution in [3.05, 3.63) is 90.0 Å². The third kappa shape index (κ3) is 3.89. The number of aromatic hydroxyl groups is 1. The van der Waals surface area contributed by atoms with E-state index in [1.54, 1.807) is 6.07 Å². The third-order valence-electron chi connectivity index (χ3n) is 4.90. The van der Waals surface area contributed by atoms with E-state index in [0.29, 0.717) is 5.69 Å². The fraction of sp³-hybridized carbons (Fsp3) is 0.0833. The van der Waals surface area contributed by atoms with Crippen LogP contribution < -0.4 is 0 Å². The van der Waals surface area contributed by atoms with Crippen LogP contribution in [0.2, 0.25) is 0 Å². The average Bonchev–Trinajstić information content (AvgIpc) is 2.76. The number of rotatable bonds is 4. The molecule has 4 rings (SSSR count). The van der Waals surface area contributed by atoms with Gasteiger partial charge < -0.3 is 5.11 Å². The third-order valence-corrected chi connectivity index (χ3v) is 4.90. The molecule has 4 aromatic carbocycles. The van der Waals surface area contributed by atoms with Gasteiger partial charge in [-0.15, -0.1) is 5.11 Å². The van der Waals surface area contributed by atoms with Crippen LogP contribution in [0.15, 0.2) is 99.3 Å². The molecule has 0 aromatic heterocycles. The minimum absolute atomic E-state index is 0.107. The zero-order valence-electron chi connectivity index (χ0n) is 16.2. The fourth-order valence-corrected chi connectivity index (χ4v) is 3.07. The van der Waals surface area contributed by atoms with Gasteiger partial charge in [-0.25, -0.2) is 0 Å². The molecule has 142 valence electrons. The maximum Gasteiger partial charge on any atom is 0.143 e. The summed E-state index contributed by atoms with van der Waals surface area (Å²) >= 11 is 0. The second kappa shape index (κ2) is 8.02. The summed E-state index contributed by atoms with van der Waals surface area (Å²) in [5, 5.41) is 29.5. The first-order valence-electron chi connectivity index (χ1n) is 9.33. The van der Waals surface area contributed by atoms with Gasteiger partial charge in [0.2, 0.25) is 0 Å². The van der Waals surface area contributed by atoms with Crippen molar-refractivity contribution in [2.45, 2.75) is 13.8 Å². The Bertz CT molecular complexity index is 1230. The normalized spacial score (nSPS) is 11.7. The topological polar surface area (TPSA) is 69.7 Å². The van der Waals surface area contributed by atoms with Crippen LogP contribution in [0.5, 0.6) is 5.75 Å². The van der Waals surface area contributed by atoms with E-state index in [-0.39, 0.29) is 5.75 Å². The van der Waals surface area contributed by atoms with Gasteiger partial charge in [0.05, 0.1) is 17.1 Å². The maximum absolute atomic E-state index is 10.3. The molecule has 0 saturated heterocycles. The summed E-state index contributed by atoms with van der Waals surface area (Å²) in [6, 6.07) is 24.7. The van der Waals surface area contributed by atoms with E-state index in [1.165, 1.54) is 0 Å². The van der Waals surface area contributed by atoms with Crippen LogP contribution in [0.4, 0.5) is 22.7 Å². The molecule has 29 heavy (non-hydrogen) atoms. The summed E-state index contributed by atoms with van der Waals surface area (Å²) in [5.41, 5.74) is 4.75. The molecule has 0 heterocycles. The maximum atomic E-state index is 10.3. The van der Waals surface area contributed by atoms with Gasteiger partial charge in [0.15, 0.2) is 0 Å². The molecule has 0 unspecified atom stereocenters. The Hall–Kier alpha value is -3.86. The van der Waals surface area contributed by atoms with E-state index in [2.05, 4.69) is 20.5 Å². The van der Waals surface area contributed by atoms with Gasteiger partial charge in [-0.05, 0) is 60.7 Å². The Balaban J connectivity index is 1.66. The van der Waals surface area contributed by atoms with Gasteiger partial charge in [-0.2, -0.15) is 15.3 Å². The molecule has 4 aromatic rings. The standard InChI is InChI=1S/C24H20N4O/c1-16-17(2)22(14-13-21(16)26-25-19-9-4-3-5-10-19)27-28-24-20-11-7-6-8-18(20)12-15-23(24)29/h3-15,29H,1-2H3/b26-25+,28-27+. The van der Waals surface area contributed by atoms with Crippen LogP contribution in [0.1, 0.15) is 11.1 Å². The first-order chi connectivity index (χ1) is 14.1. The van der Waals surface area contributed by atoms with Crippen LogP contribution in [-0.4, -0.2) is 5.11 Å². The highest BCUT2D eigenvalue weighted by Crippen LogP contribution is 2.37. The van der Waals surface area contributed by atoms with Gasteiger partial charge in [0.1, 0.15) is 11.4 Å². The summed E-state index contributed by atoms with van der Waals surface area (Å²) in [6.45, 7) is 3.97. The number of nitrogens with zero attached hydrogens (tertiary/aromatic N) is 4. The van der Waals surface area contributed by atoms with Crippen molar-refractivity contribution < 1.29 is 5.11 Å². The lowest BCUT2D eigenvalue weighted by Gasteiger charge is -2.07. The van der Waals surface area contributed by atoms with E-state index < -0.39 is 0 Å². The van der Waals surface area contributed by atoms with Crippen molar-refractivity contribution in [3.8, 4) is 5.75 Å². The first-order valence-corrected chi connectivity index (χ1v) is 9.33. The minimum Gasteiger partial charge on any atom is -0.506 e. The smallest absolute Gasteiger partial charge is 0.143 e. The predicted octanol–water partition coefficient (Wildman–Crippen LogP) is 7.99. The zero-order chi connectivity index (χ0) is 20.2. The predicted molar refractivity (Wildman–Crippen MR) is 116 cm³/mol. The van der Waals surface area contributed by atoms with E-state index in [9.17, 15) is 5.11 Å². The molecule has 1 N–H and O–H groups in total. The van der Waals surface area contributed by atoms with E-state index in [1.807, 2.05) is 86.6 Å². The average molecular weight is 380 g/mol. The van der Waals surface area contributed by atoms with Gasteiger partial charge in [0, 0.05) is 5.39 Å². The molecule has 0 aliphatic rings. The quantitative estimate of drug-likeness (QED) is 0.358. The SMILES string of the molecule is Cc1c(/N=N/c2ccccc2)ccc(/N=N/c2c(O)ccc3ccccc23)c1C. The van der Waals surface area contributed by atoms with Crippen molar-refractivity contribution in [2.24, 2.45) is 20.5 Å². The van der Waals surface area contributed by atoms with Crippen molar-refractivity contribution in [1.82, 2.24) is 0 Å². The molecule has 0 bridgehead atoms. The van der Waals surface area contributed by atoms with E-state index >= 15 is 0 Å². The Labute approximate surface area is 169 Å². The summed E-state index contributed by atoms with van der Waals surface area (Å²) < 4.78 is 0. The van der Waals surface area contributed by atoms with Gasteiger partial charge in [-0.3, -0.25) is 0 Å². The molecule has 0 aliphatic heterocycles. The highest BCUT2D eigenvalue weighted by atomic mass is 16.3. The second-order valence-corrected chi connectivity index (χ2v) is 6.74. The molecule has 5 nitrogen and oxygen atoms in total.